The Morgan fingerprint density at radius 2 is 2.06 bits per heavy atom. The van der Waals surface area contributed by atoms with Gasteiger partial charge in [0, 0.05) is 12.6 Å². The van der Waals surface area contributed by atoms with Crippen LogP contribution in [0.25, 0.3) is 0 Å². The molecule has 0 fully saturated rings. The first kappa shape index (κ1) is 12.9. The zero-order valence-corrected chi connectivity index (χ0v) is 10.3. The molecule has 0 saturated carbocycles. The van der Waals surface area contributed by atoms with Crippen molar-refractivity contribution in [2.75, 3.05) is 25.1 Å². The summed E-state index contributed by atoms with van der Waals surface area (Å²) in [6.07, 6.45) is 0. The van der Waals surface area contributed by atoms with E-state index in [1.165, 1.54) is 0 Å². The van der Waals surface area contributed by atoms with E-state index in [9.17, 15) is 0 Å². The van der Waals surface area contributed by atoms with Crippen LogP contribution in [0.15, 0.2) is 4.42 Å². The molecule has 1 aromatic rings. The second-order valence-electron chi connectivity index (χ2n) is 3.94. The van der Waals surface area contributed by atoms with E-state index >= 15 is 0 Å². The van der Waals surface area contributed by atoms with Crippen LogP contribution in [-0.2, 0) is 0 Å². The minimum atomic E-state index is 0.0318. The molecule has 6 nitrogen and oxygen atoms in total. The maximum atomic E-state index is 8.97. The molecule has 1 heterocycles. The van der Waals surface area contributed by atoms with Crippen LogP contribution in [0.5, 0.6) is 0 Å². The van der Waals surface area contributed by atoms with Crippen LogP contribution in [-0.4, -0.2) is 41.5 Å². The van der Waals surface area contributed by atoms with Crippen molar-refractivity contribution in [3.05, 3.63) is 5.89 Å². The second-order valence-corrected chi connectivity index (χ2v) is 3.94. The van der Waals surface area contributed by atoms with Gasteiger partial charge in [-0.2, -0.15) is 0 Å². The molecule has 0 aliphatic rings. The van der Waals surface area contributed by atoms with Gasteiger partial charge in [-0.25, -0.2) is 0 Å². The van der Waals surface area contributed by atoms with Crippen molar-refractivity contribution in [1.29, 1.82) is 0 Å². The molecule has 1 unspecified atom stereocenters. The maximum Gasteiger partial charge on any atom is 0.318 e. The quantitative estimate of drug-likeness (QED) is 0.741. The summed E-state index contributed by atoms with van der Waals surface area (Å²) in [5.41, 5.74) is 0. The van der Waals surface area contributed by atoms with Crippen LogP contribution in [0.1, 0.15) is 32.7 Å². The van der Waals surface area contributed by atoms with Crippen LogP contribution in [0.4, 0.5) is 6.01 Å². The van der Waals surface area contributed by atoms with Gasteiger partial charge < -0.3 is 19.7 Å². The third-order valence-electron chi connectivity index (χ3n) is 2.44. The zero-order valence-electron chi connectivity index (χ0n) is 10.3. The van der Waals surface area contributed by atoms with Crippen LogP contribution < -0.4 is 10.2 Å². The molecule has 0 aromatic carbocycles. The molecule has 0 bridgehead atoms. The number of aromatic nitrogens is 2. The standard InChI is InChI=1S/C10H20N4O2/c1-7(2)14(5-6-15)10-13-12-9(16-10)8(3)11-4/h7-8,11,15H,5-6H2,1-4H3. The Labute approximate surface area is 95.7 Å². The lowest BCUT2D eigenvalue weighted by atomic mass is 10.3. The summed E-state index contributed by atoms with van der Waals surface area (Å²) in [4.78, 5) is 1.87. The van der Waals surface area contributed by atoms with Crippen molar-refractivity contribution in [3.8, 4) is 0 Å². The average Bonchev–Trinajstić information content (AvgIpc) is 2.73. The van der Waals surface area contributed by atoms with Crippen molar-refractivity contribution in [2.45, 2.75) is 32.9 Å². The van der Waals surface area contributed by atoms with Gasteiger partial charge in [-0.3, -0.25) is 0 Å². The lowest BCUT2D eigenvalue weighted by Crippen LogP contribution is -2.33. The Kier molecular flexibility index (Phi) is 4.70. The molecule has 0 saturated heterocycles. The van der Waals surface area contributed by atoms with E-state index in [1.807, 2.05) is 32.7 Å². The largest absolute Gasteiger partial charge is 0.406 e. The molecule has 16 heavy (non-hydrogen) atoms. The molecule has 0 amide bonds. The second kappa shape index (κ2) is 5.81. The van der Waals surface area contributed by atoms with Crippen LogP contribution in [0.3, 0.4) is 0 Å². The Morgan fingerprint density at radius 3 is 2.56 bits per heavy atom. The number of nitrogens with zero attached hydrogens (tertiary/aromatic N) is 3. The van der Waals surface area contributed by atoms with Crippen LogP contribution in [0, 0.1) is 0 Å². The molecule has 1 aromatic heterocycles. The predicted molar refractivity (Wildman–Crippen MR) is 61.3 cm³/mol. The van der Waals surface area contributed by atoms with E-state index < -0.39 is 0 Å². The summed E-state index contributed by atoms with van der Waals surface area (Å²) in [5.74, 6) is 0.557. The van der Waals surface area contributed by atoms with Crippen molar-refractivity contribution in [3.63, 3.8) is 0 Å². The van der Waals surface area contributed by atoms with Crippen LogP contribution >= 0.6 is 0 Å². The Morgan fingerprint density at radius 1 is 1.38 bits per heavy atom. The highest BCUT2D eigenvalue weighted by molar-refractivity contribution is 5.25. The lowest BCUT2D eigenvalue weighted by molar-refractivity contribution is 0.294. The number of aliphatic hydroxyl groups is 1. The molecule has 6 heteroatoms. The van der Waals surface area contributed by atoms with Gasteiger partial charge in [-0.15, -0.1) is 5.10 Å². The van der Waals surface area contributed by atoms with E-state index in [4.69, 9.17) is 9.52 Å². The van der Waals surface area contributed by atoms with Gasteiger partial charge in [-0.1, -0.05) is 5.10 Å². The Balaban J connectivity index is 2.81. The summed E-state index contributed by atoms with van der Waals surface area (Å²) in [7, 11) is 1.84. The summed E-state index contributed by atoms with van der Waals surface area (Å²) in [6, 6.07) is 0.705. The molecule has 92 valence electrons. The van der Waals surface area contributed by atoms with E-state index in [2.05, 4.69) is 15.5 Å². The van der Waals surface area contributed by atoms with E-state index in [-0.39, 0.29) is 18.7 Å². The first-order chi connectivity index (χ1) is 7.60. The molecule has 1 rings (SSSR count). The van der Waals surface area contributed by atoms with Gasteiger partial charge in [0.2, 0.25) is 5.89 Å². The minimum Gasteiger partial charge on any atom is -0.406 e. The highest BCUT2D eigenvalue weighted by Crippen LogP contribution is 2.18. The molecular formula is C10H20N4O2. The lowest BCUT2D eigenvalue weighted by Gasteiger charge is -2.23. The third-order valence-corrected chi connectivity index (χ3v) is 2.44. The summed E-state index contributed by atoms with van der Waals surface area (Å²) >= 11 is 0. The number of nitrogens with one attached hydrogen (secondary N) is 1. The zero-order chi connectivity index (χ0) is 12.1. The molecule has 2 N–H and O–H groups in total. The summed E-state index contributed by atoms with van der Waals surface area (Å²) < 4.78 is 5.54. The topological polar surface area (TPSA) is 74.4 Å². The summed E-state index contributed by atoms with van der Waals surface area (Å²) in [5, 5.41) is 19.9. The third kappa shape index (κ3) is 2.93. The smallest absolute Gasteiger partial charge is 0.318 e. The number of aliphatic hydroxyl groups excluding tert-OH is 1. The molecule has 0 aliphatic carbocycles. The first-order valence-corrected chi connectivity index (χ1v) is 5.48. The SMILES string of the molecule is CNC(C)c1nnc(N(CCO)C(C)C)o1. The molecule has 0 aliphatic heterocycles. The van der Waals surface area contributed by atoms with Gasteiger partial charge in [0.25, 0.3) is 0 Å². The van der Waals surface area contributed by atoms with Gasteiger partial charge in [0.05, 0.1) is 12.6 Å². The first-order valence-electron chi connectivity index (χ1n) is 5.48. The van der Waals surface area contributed by atoms with E-state index in [0.717, 1.165) is 0 Å². The molecule has 0 spiro atoms. The van der Waals surface area contributed by atoms with Crippen LogP contribution in [0.2, 0.25) is 0 Å². The fourth-order valence-electron chi connectivity index (χ4n) is 1.32. The minimum absolute atomic E-state index is 0.0318. The molecule has 1 atom stereocenters. The number of hydrogen-bond donors (Lipinski definition) is 2. The Bertz CT molecular complexity index is 314. The van der Waals surface area contributed by atoms with E-state index in [1.54, 1.807) is 0 Å². The van der Waals surface area contributed by atoms with Gasteiger partial charge in [0.15, 0.2) is 0 Å². The van der Waals surface area contributed by atoms with Crippen molar-refractivity contribution in [2.24, 2.45) is 0 Å². The highest BCUT2D eigenvalue weighted by atomic mass is 16.4. The molecule has 0 radical (unpaired) electrons. The fourth-order valence-corrected chi connectivity index (χ4v) is 1.32. The van der Waals surface area contributed by atoms with Crippen molar-refractivity contribution >= 4 is 6.01 Å². The maximum absolute atomic E-state index is 8.97. The fraction of sp³-hybridized carbons (Fsp3) is 0.800. The van der Waals surface area contributed by atoms with Gasteiger partial charge >= 0.3 is 6.01 Å². The van der Waals surface area contributed by atoms with Gasteiger partial charge in [0.1, 0.15) is 0 Å². The number of rotatable bonds is 6. The predicted octanol–water partition coefficient (Wildman–Crippen LogP) is 0.557. The number of hydrogen-bond acceptors (Lipinski definition) is 6. The number of anilines is 1. The monoisotopic (exact) mass is 228 g/mol. The summed E-state index contributed by atoms with van der Waals surface area (Å²) in [6.45, 7) is 6.54. The van der Waals surface area contributed by atoms with Crippen molar-refractivity contribution in [1.82, 2.24) is 15.5 Å². The average molecular weight is 228 g/mol. The molecular weight excluding hydrogens is 208 g/mol. The van der Waals surface area contributed by atoms with Crippen molar-refractivity contribution < 1.29 is 9.52 Å². The van der Waals surface area contributed by atoms with Gasteiger partial charge in [-0.05, 0) is 27.8 Å². The Hall–Kier alpha value is -1.14. The normalized spacial score (nSPS) is 13.1. The highest BCUT2D eigenvalue weighted by Gasteiger charge is 2.18. The van der Waals surface area contributed by atoms with E-state index in [0.29, 0.717) is 18.5 Å².